The molecule has 1 unspecified atom stereocenters. The number of ether oxygens (including phenoxy) is 4. The Bertz CT molecular complexity index is 448. The molecule has 112 valence electrons. The highest BCUT2D eigenvalue weighted by molar-refractivity contribution is 5.51. The fraction of sp³-hybridized carbons (Fsp3) is 0.600. The van der Waals surface area contributed by atoms with Gasteiger partial charge in [0.2, 0.25) is 6.79 Å². The van der Waals surface area contributed by atoms with Crippen molar-refractivity contribution in [1.29, 1.82) is 0 Å². The highest BCUT2D eigenvalue weighted by atomic mass is 16.7. The third-order valence-corrected chi connectivity index (χ3v) is 2.99. The highest BCUT2D eigenvalue weighted by Gasteiger charge is 2.19. The van der Waals surface area contributed by atoms with Crippen molar-refractivity contribution in [3.63, 3.8) is 0 Å². The van der Waals surface area contributed by atoms with Crippen molar-refractivity contribution in [2.75, 3.05) is 20.5 Å². The van der Waals surface area contributed by atoms with Gasteiger partial charge in [0.05, 0.1) is 6.61 Å². The number of nitrogens with one attached hydrogen (secondary N) is 1. The van der Waals surface area contributed by atoms with Crippen LogP contribution in [0.4, 0.5) is 0 Å². The van der Waals surface area contributed by atoms with Gasteiger partial charge in [-0.25, -0.2) is 0 Å². The van der Waals surface area contributed by atoms with Gasteiger partial charge in [0, 0.05) is 31.3 Å². The summed E-state index contributed by atoms with van der Waals surface area (Å²) in [6, 6.07) is 4.28. The predicted octanol–water partition coefficient (Wildman–Crippen LogP) is 2.33. The van der Waals surface area contributed by atoms with Gasteiger partial charge in [-0.2, -0.15) is 0 Å². The first-order valence-corrected chi connectivity index (χ1v) is 6.91. The fourth-order valence-corrected chi connectivity index (χ4v) is 2.01. The van der Waals surface area contributed by atoms with Crippen LogP contribution in [0.2, 0.25) is 0 Å². The lowest BCUT2D eigenvalue weighted by molar-refractivity contribution is 0.0911. The molecule has 0 radical (unpaired) electrons. The second-order valence-corrected chi connectivity index (χ2v) is 5.23. The smallest absolute Gasteiger partial charge is 0.231 e. The van der Waals surface area contributed by atoms with E-state index >= 15 is 0 Å². The zero-order valence-corrected chi connectivity index (χ0v) is 12.6. The molecule has 0 aromatic heterocycles. The molecule has 0 fully saturated rings. The molecule has 20 heavy (non-hydrogen) atoms. The maximum Gasteiger partial charge on any atom is 0.231 e. The van der Waals surface area contributed by atoms with Crippen molar-refractivity contribution in [3.05, 3.63) is 17.7 Å². The van der Waals surface area contributed by atoms with Crippen LogP contribution in [0.15, 0.2) is 12.1 Å². The summed E-state index contributed by atoms with van der Waals surface area (Å²) in [5.74, 6) is 2.32. The topological polar surface area (TPSA) is 49.0 Å². The first-order chi connectivity index (χ1) is 9.60. The molecule has 0 aliphatic carbocycles. The molecule has 1 aromatic carbocycles. The Balaban J connectivity index is 2.17. The van der Waals surface area contributed by atoms with E-state index in [1.54, 1.807) is 7.11 Å². The van der Waals surface area contributed by atoms with E-state index < -0.39 is 0 Å². The number of hydrogen-bond acceptors (Lipinski definition) is 5. The van der Waals surface area contributed by atoms with E-state index in [0.717, 1.165) is 29.4 Å². The van der Waals surface area contributed by atoms with Gasteiger partial charge in [-0.15, -0.1) is 0 Å². The number of methoxy groups -OCH3 is 1. The number of benzene rings is 1. The largest absolute Gasteiger partial charge is 0.488 e. The second-order valence-electron chi connectivity index (χ2n) is 5.23. The van der Waals surface area contributed by atoms with Crippen molar-refractivity contribution in [1.82, 2.24) is 5.32 Å². The van der Waals surface area contributed by atoms with E-state index in [1.807, 2.05) is 19.1 Å². The predicted molar refractivity (Wildman–Crippen MR) is 76.5 cm³/mol. The maximum absolute atomic E-state index is 5.94. The van der Waals surface area contributed by atoms with Gasteiger partial charge in [-0.3, -0.25) is 0 Å². The Kier molecular flexibility index (Phi) is 5.09. The second kappa shape index (κ2) is 6.81. The molecule has 1 heterocycles. The van der Waals surface area contributed by atoms with Crippen molar-refractivity contribution in [3.8, 4) is 17.2 Å². The van der Waals surface area contributed by atoms with Gasteiger partial charge >= 0.3 is 0 Å². The van der Waals surface area contributed by atoms with Gasteiger partial charge in [0.1, 0.15) is 11.9 Å². The van der Waals surface area contributed by atoms with Crippen LogP contribution in [0.25, 0.3) is 0 Å². The van der Waals surface area contributed by atoms with Crippen LogP contribution in [0.5, 0.6) is 17.2 Å². The lowest BCUT2D eigenvalue weighted by Gasteiger charge is -2.18. The van der Waals surface area contributed by atoms with Crippen LogP contribution in [0.1, 0.15) is 26.3 Å². The Morgan fingerprint density at radius 2 is 1.90 bits per heavy atom. The number of fused-ring (bicyclic) bond motifs is 1. The summed E-state index contributed by atoms with van der Waals surface area (Å²) < 4.78 is 21.9. The molecule has 0 saturated carbocycles. The Hall–Kier alpha value is -1.46. The molecule has 1 atom stereocenters. The van der Waals surface area contributed by atoms with E-state index in [9.17, 15) is 0 Å². The van der Waals surface area contributed by atoms with Crippen LogP contribution in [0, 0.1) is 0 Å². The van der Waals surface area contributed by atoms with E-state index in [4.69, 9.17) is 18.9 Å². The zero-order chi connectivity index (χ0) is 14.5. The van der Waals surface area contributed by atoms with Crippen LogP contribution in [0.3, 0.4) is 0 Å². The average Bonchev–Trinajstić information content (AvgIpc) is 2.83. The molecule has 0 saturated heterocycles. The standard InChI is InChI=1S/C15H23NO4/c1-10(2)16-7-12-5-14-15(19-9-18-14)6-13(12)20-11(3)8-17-4/h5-6,10-11,16H,7-9H2,1-4H3. The number of rotatable bonds is 7. The van der Waals surface area contributed by atoms with E-state index in [2.05, 4.69) is 19.2 Å². The van der Waals surface area contributed by atoms with E-state index in [-0.39, 0.29) is 12.9 Å². The van der Waals surface area contributed by atoms with E-state index in [1.165, 1.54) is 0 Å². The van der Waals surface area contributed by atoms with Gasteiger partial charge in [0.25, 0.3) is 0 Å². The molecule has 5 heteroatoms. The van der Waals surface area contributed by atoms with Crippen molar-refractivity contribution in [2.24, 2.45) is 0 Å². The SMILES string of the molecule is COCC(C)Oc1cc2c(cc1CNC(C)C)OCO2. The molecule has 0 amide bonds. The van der Waals surface area contributed by atoms with Crippen LogP contribution in [-0.4, -0.2) is 32.7 Å². The van der Waals surface area contributed by atoms with E-state index in [0.29, 0.717) is 12.6 Å². The average molecular weight is 281 g/mol. The summed E-state index contributed by atoms with van der Waals surface area (Å²) in [5, 5.41) is 3.39. The maximum atomic E-state index is 5.94. The molecule has 1 aliphatic heterocycles. The molecule has 2 rings (SSSR count). The monoisotopic (exact) mass is 281 g/mol. The highest BCUT2D eigenvalue weighted by Crippen LogP contribution is 2.38. The van der Waals surface area contributed by atoms with Crippen molar-refractivity contribution < 1.29 is 18.9 Å². The summed E-state index contributed by atoms with van der Waals surface area (Å²) in [6.07, 6.45) is -0.0156. The van der Waals surface area contributed by atoms with Crippen LogP contribution in [-0.2, 0) is 11.3 Å². The molecule has 5 nitrogen and oxygen atoms in total. The van der Waals surface area contributed by atoms with Gasteiger partial charge in [0.15, 0.2) is 11.5 Å². The van der Waals surface area contributed by atoms with Crippen LogP contribution < -0.4 is 19.5 Å². The molecular formula is C15H23NO4. The summed E-state index contributed by atoms with van der Waals surface area (Å²) in [4.78, 5) is 0. The third-order valence-electron chi connectivity index (χ3n) is 2.99. The minimum Gasteiger partial charge on any atom is -0.488 e. The van der Waals surface area contributed by atoms with Crippen molar-refractivity contribution >= 4 is 0 Å². The first kappa shape index (κ1) is 14.9. The molecule has 0 bridgehead atoms. The van der Waals surface area contributed by atoms with Gasteiger partial charge in [-0.05, 0) is 13.0 Å². The number of hydrogen-bond donors (Lipinski definition) is 1. The minimum atomic E-state index is -0.0156. The normalized spacial score (nSPS) is 14.7. The minimum absolute atomic E-state index is 0.0156. The van der Waals surface area contributed by atoms with Gasteiger partial charge < -0.3 is 24.3 Å². The summed E-state index contributed by atoms with van der Waals surface area (Å²) >= 11 is 0. The third kappa shape index (κ3) is 3.77. The Morgan fingerprint density at radius 1 is 1.20 bits per heavy atom. The molecule has 1 N–H and O–H groups in total. The fourth-order valence-electron chi connectivity index (χ4n) is 2.01. The molecule has 0 spiro atoms. The van der Waals surface area contributed by atoms with Crippen molar-refractivity contribution in [2.45, 2.75) is 39.5 Å². The first-order valence-electron chi connectivity index (χ1n) is 6.91. The Morgan fingerprint density at radius 3 is 2.55 bits per heavy atom. The zero-order valence-electron chi connectivity index (χ0n) is 12.6. The lowest BCUT2D eigenvalue weighted by atomic mass is 10.1. The van der Waals surface area contributed by atoms with Gasteiger partial charge in [-0.1, -0.05) is 13.8 Å². The summed E-state index contributed by atoms with van der Waals surface area (Å²) in [6.45, 7) is 7.74. The molecule has 1 aliphatic rings. The summed E-state index contributed by atoms with van der Waals surface area (Å²) in [5.41, 5.74) is 1.06. The quantitative estimate of drug-likeness (QED) is 0.831. The van der Waals surface area contributed by atoms with Crippen LogP contribution >= 0.6 is 0 Å². The molecule has 1 aromatic rings. The lowest BCUT2D eigenvalue weighted by Crippen LogP contribution is -2.23. The molecular weight excluding hydrogens is 258 g/mol. The summed E-state index contributed by atoms with van der Waals surface area (Å²) in [7, 11) is 1.67. The Labute approximate surface area is 120 Å².